The lowest BCUT2D eigenvalue weighted by Crippen LogP contribution is -1.98. The monoisotopic (exact) mass is 314 g/mol. The predicted molar refractivity (Wildman–Crippen MR) is 104 cm³/mol. The van der Waals surface area contributed by atoms with Gasteiger partial charge < -0.3 is 0 Å². The van der Waals surface area contributed by atoms with E-state index in [1.54, 1.807) is 0 Å². The molecule has 0 aliphatic carbocycles. The van der Waals surface area contributed by atoms with Crippen molar-refractivity contribution in [2.24, 2.45) is 0 Å². The van der Waals surface area contributed by atoms with Crippen molar-refractivity contribution in [1.29, 1.82) is 0 Å². The Hall–Kier alpha value is -2.34. The van der Waals surface area contributed by atoms with Gasteiger partial charge in [-0.3, -0.25) is 0 Å². The zero-order valence-electron chi connectivity index (χ0n) is 15.2. The minimum Gasteiger partial charge on any atom is -0.0617 e. The van der Waals surface area contributed by atoms with Gasteiger partial charge in [0.05, 0.1) is 0 Å². The molecule has 0 aliphatic heterocycles. The molecule has 0 aromatic heterocycles. The van der Waals surface area contributed by atoms with Crippen molar-refractivity contribution >= 4 is 0 Å². The van der Waals surface area contributed by atoms with Crippen LogP contribution >= 0.6 is 0 Å². The minimum absolute atomic E-state index is 1.01. The maximum absolute atomic E-state index is 2.37. The maximum atomic E-state index is 2.37. The van der Waals surface area contributed by atoms with E-state index in [4.69, 9.17) is 0 Å². The van der Waals surface area contributed by atoms with E-state index in [0.29, 0.717) is 0 Å². The summed E-state index contributed by atoms with van der Waals surface area (Å²) < 4.78 is 0. The molecule has 0 N–H and O–H groups in total. The first-order valence-electron chi connectivity index (χ1n) is 8.72. The summed E-state index contributed by atoms with van der Waals surface area (Å²) in [6, 6.07) is 22.2. The molecule has 0 heteroatoms. The molecule has 0 nitrogen and oxygen atoms in total. The lowest BCUT2D eigenvalue weighted by Gasteiger charge is -2.13. The van der Waals surface area contributed by atoms with Crippen LogP contribution in [0.3, 0.4) is 0 Å². The quantitative estimate of drug-likeness (QED) is 0.545. The summed E-state index contributed by atoms with van der Waals surface area (Å²) in [5.41, 5.74) is 11.3. The van der Waals surface area contributed by atoms with Gasteiger partial charge in [-0.1, -0.05) is 60.7 Å². The summed E-state index contributed by atoms with van der Waals surface area (Å²) in [5.74, 6) is 0. The summed E-state index contributed by atoms with van der Waals surface area (Å²) in [6.07, 6.45) is 2.03. The smallest absolute Gasteiger partial charge is 0.00204 e. The van der Waals surface area contributed by atoms with Crippen molar-refractivity contribution in [3.05, 3.63) is 105 Å². The van der Waals surface area contributed by atoms with Crippen molar-refractivity contribution < 1.29 is 0 Å². The second-order valence-electron chi connectivity index (χ2n) is 6.91. The minimum atomic E-state index is 1.01. The van der Waals surface area contributed by atoms with Crippen molar-refractivity contribution in [2.75, 3.05) is 0 Å². The Balaban J connectivity index is 1.87. The fourth-order valence-corrected chi connectivity index (χ4v) is 3.51. The molecule has 3 aromatic rings. The van der Waals surface area contributed by atoms with Gasteiger partial charge in [-0.2, -0.15) is 0 Å². The number of hydrogen-bond acceptors (Lipinski definition) is 0. The fraction of sp³-hybridized carbons (Fsp3) is 0.250. The van der Waals surface area contributed by atoms with Gasteiger partial charge >= 0.3 is 0 Å². The van der Waals surface area contributed by atoms with Crippen LogP contribution in [0.25, 0.3) is 0 Å². The molecule has 24 heavy (non-hydrogen) atoms. The van der Waals surface area contributed by atoms with Crippen molar-refractivity contribution in [3.8, 4) is 0 Å². The van der Waals surface area contributed by atoms with Crippen LogP contribution in [0, 0.1) is 27.7 Å². The Kier molecular flexibility index (Phi) is 4.85. The zero-order valence-corrected chi connectivity index (χ0v) is 15.2. The zero-order chi connectivity index (χ0) is 17.1. The van der Waals surface area contributed by atoms with E-state index in [-0.39, 0.29) is 0 Å². The first-order valence-corrected chi connectivity index (χ1v) is 8.72. The highest BCUT2D eigenvalue weighted by molar-refractivity contribution is 5.41. The van der Waals surface area contributed by atoms with Crippen LogP contribution in [-0.4, -0.2) is 0 Å². The molecule has 0 atom stereocenters. The normalized spacial score (nSPS) is 10.8. The molecule has 3 rings (SSSR count). The first-order chi connectivity index (χ1) is 11.5. The summed E-state index contributed by atoms with van der Waals surface area (Å²) in [6.45, 7) is 8.84. The van der Waals surface area contributed by atoms with Gasteiger partial charge in [-0.15, -0.1) is 0 Å². The van der Waals surface area contributed by atoms with Crippen molar-refractivity contribution in [3.63, 3.8) is 0 Å². The average Bonchev–Trinajstić information content (AvgIpc) is 2.55. The topological polar surface area (TPSA) is 0 Å². The summed E-state index contributed by atoms with van der Waals surface area (Å²) in [7, 11) is 0. The number of hydrogen-bond donors (Lipinski definition) is 0. The standard InChI is InChI=1S/C24H26/c1-17-8-5-9-18(2)23(17)15-21-12-7-13-22(14-21)16-24-19(3)10-6-11-20(24)4/h5-14H,15-16H2,1-4H3. The largest absolute Gasteiger partial charge is 0.0617 e. The Morgan fingerprint density at radius 2 is 0.833 bits per heavy atom. The third kappa shape index (κ3) is 3.59. The first kappa shape index (κ1) is 16.5. The van der Waals surface area contributed by atoms with E-state index >= 15 is 0 Å². The number of rotatable bonds is 4. The molecule has 0 unspecified atom stereocenters. The molecule has 0 saturated heterocycles. The second kappa shape index (κ2) is 7.05. The summed E-state index contributed by atoms with van der Waals surface area (Å²) >= 11 is 0. The van der Waals surface area contributed by atoms with E-state index in [1.807, 2.05) is 0 Å². The number of benzene rings is 3. The Labute approximate surface area is 146 Å². The average molecular weight is 314 g/mol. The highest BCUT2D eigenvalue weighted by Gasteiger charge is 2.07. The van der Waals surface area contributed by atoms with Gasteiger partial charge in [0.2, 0.25) is 0 Å². The lowest BCUT2D eigenvalue weighted by molar-refractivity contribution is 1.08. The molecule has 0 aliphatic rings. The van der Waals surface area contributed by atoms with E-state index in [9.17, 15) is 0 Å². The van der Waals surface area contributed by atoms with E-state index in [1.165, 1.54) is 44.5 Å². The number of aryl methyl sites for hydroxylation is 4. The maximum Gasteiger partial charge on any atom is -0.00204 e. The molecule has 0 radical (unpaired) electrons. The third-order valence-electron chi connectivity index (χ3n) is 5.04. The highest BCUT2D eigenvalue weighted by Crippen LogP contribution is 2.21. The molecular formula is C24H26. The van der Waals surface area contributed by atoms with Crippen LogP contribution in [0.1, 0.15) is 44.5 Å². The molecule has 0 saturated carbocycles. The van der Waals surface area contributed by atoms with Crippen LogP contribution in [0.4, 0.5) is 0 Å². The molecule has 0 bridgehead atoms. The molecular weight excluding hydrogens is 288 g/mol. The Morgan fingerprint density at radius 3 is 1.21 bits per heavy atom. The van der Waals surface area contributed by atoms with Crippen LogP contribution in [0.15, 0.2) is 60.7 Å². The van der Waals surface area contributed by atoms with Crippen LogP contribution in [0.5, 0.6) is 0 Å². The molecule has 3 aromatic carbocycles. The highest BCUT2D eigenvalue weighted by atomic mass is 14.1. The Morgan fingerprint density at radius 1 is 0.500 bits per heavy atom. The Bertz CT molecular complexity index is 746. The van der Waals surface area contributed by atoms with Crippen LogP contribution in [-0.2, 0) is 12.8 Å². The second-order valence-corrected chi connectivity index (χ2v) is 6.91. The summed E-state index contributed by atoms with van der Waals surface area (Å²) in [5, 5.41) is 0. The summed E-state index contributed by atoms with van der Waals surface area (Å²) in [4.78, 5) is 0. The molecule has 0 amide bonds. The molecule has 0 heterocycles. The van der Waals surface area contributed by atoms with E-state index < -0.39 is 0 Å². The van der Waals surface area contributed by atoms with E-state index in [0.717, 1.165) is 12.8 Å². The van der Waals surface area contributed by atoms with Gasteiger partial charge in [0.15, 0.2) is 0 Å². The SMILES string of the molecule is Cc1cccc(C)c1Cc1cccc(Cc2c(C)cccc2C)c1. The van der Waals surface area contributed by atoms with Gasteiger partial charge in [-0.05, 0) is 85.0 Å². The van der Waals surface area contributed by atoms with Crippen molar-refractivity contribution in [2.45, 2.75) is 40.5 Å². The van der Waals surface area contributed by atoms with Gasteiger partial charge in [-0.25, -0.2) is 0 Å². The van der Waals surface area contributed by atoms with Crippen LogP contribution < -0.4 is 0 Å². The lowest BCUT2D eigenvalue weighted by atomic mass is 9.92. The molecule has 0 spiro atoms. The third-order valence-corrected chi connectivity index (χ3v) is 5.04. The van der Waals surface area contributed by atoms with Gasteiger partial charge in [0, 0.05) is 0 Å². The van der Waals surface area contributed by atoms with Crippen molar-refractivity contribution in [1.82, 2.24) is 0 Å². The molecule has 122 valence electrons. The van der Waals surface area contributed by atoms with Crippen LogP contribution in [0.2, 0.25) is 0 Å². The van der Waals surface area contributed by atoms with Gasteiger partial charge in [0.1, 0.15) is 0 Å². The molecule has 0 fully saturated rings. The van der Waals surface area contributed by atoms with Gasteiger partial charge in [0.25, 0.3) is 0 Å². The predicted octanol–water partition coefficient (Wildman–Crippen LogP) is 6.10. The fourth-order valence-electron chi connectivity index (χ4n) is 3.51. The van der Waals surface area contributed by atoms with E-state index in [2.05, 4.69) is 88.4 Å².